The van der Waals surface area contributed by atoms with Crippen LogP contribution in [-0.2, 0) is 20.9 Å². The Bertz CT molecular complexity index is 524. The highest BCUT2D eigenvalue weighted by atomic mass is 16.6. The van der Waals surface area contributed by atoms with E-state index in [-0.39, 0.29) is 6.61 Å². The van der Waals surface area contributed by atoms with Crippen LogP contribution >= 0.6 is 0 Å². The lowest BCUT2D eigenvalue weighted by Gasteiger charge is -2.33. The van der Waals surface area contributed by atoms with Gasteiger partial charge in [-0.2, -0.15) is 0 Å². The predicted octanol–water partition coefficient (Wildman–Crippen LogP) is 2.91. The highest BCUT2D eigenvalue weighted by Gasteiger charge is 2.35. The van der Waals surface area contributed by atoms with E-state index >= 15 is 0 Å². The van der Waals surface area contributed by atoms with Gasteiger partial charge in [0.2, 0.25) is 0 Å². The van der Waals surface area contributed by atoms with Crippen LogP contribution in [-0.4, -0.2) is 46.9 Å². The minimum Gasteiger partial charge on any atom is -0.480 e. The minimum absolute atomic E-state index is 0.0882. The van der Waals surface area contributed by atoms with E-state index in [0.29, 0.717) is 0 Å². The lowest BCUT2D eigenvalue weighted by atomic mass is 10.1. The quantitative estimate of drug-likeness (QED) is 0.871. The van der Waals surface area contributed by atoms with E-state index in [4.69, 9.17) is 9.47 Å². The highest BCUT2D eigenvalue weighted by Crippen LogP contribution is 2.17. The van der Waals surface area contributed by atoms with Crippen molar-refractivity contribution in [1.29, 1.82) is 0 Å². The van der Waals surface area contributed by atoms with Crippen molar-refractivity contribution >= 4 is 12.1 Å². The fraction of sp³-hybridized carbons (Fsp3) is 0.529. The Kier molecular flexibility index (Phi) is 6.57. The van der Waals surface area contributed by atoms with Crippen LogP contribution in [0.5, 0.6) is 0 Å². The van der Waals surface area contributed by atoms with Crippen molar-refractivity contribution in [2.24, 2.45) is 0 Å². The summed E-state index contributed by atoms with van der Waals surface area (Å²) < 4.78 is 10.8. The van der Waals surface area contributed by atoms with E-state index in [9.17, 15) is 14.7 Å². The monoisotopic (exact) mass is 323 g/mol. The maximum Gasteiger partial charge on any atom is 0.410 e. The largest absolute Gasteiger partial charge is 0.480 e. The average molecular weight is 323 g/mol. The molecule has 6 heteroatoms. The van der Waals surface area contributed by atoms with E-state index in [1.54, 1.807) is 6.92 Å². The molecule has 0 aromatic heterocycles. The summed E-state index contributed by atoms with van der Waals surface area (Å²) in [5.74, 6) is -1.14. The van der Waals surface area contributed by atoms with Crippen molar-refractivity contribution in [3.8, 4) is 0 Å². The molecule has 0 spiro atoms. The first kappa shape index (κ1) is 19.0. The molecule has 0 fully saturated rings. The lowest BCUT2D eigenvalue weighted by molar-refractivity contribution is -0.153. The number of hydrogen-bond acceptors (Lipinski definition) is 4. The maximum atomic E-state index is 12.1. The molecule has 2 atom stereocenters. The molecule has 0 aliphatic heterocycles. The molecular formula is C17H25NO5. The Morgan fingerprint density at radius 2 is 1.78 bits per heavy atom. The number of amides is 1. The van der Waals surface area contributed by atoms with Crippen molar-refractivity contribution in [2.75, 3.05) is 7.05 Å². The summed E-state index contributed by atoms with van der Waals surface area (Å²) in [6, 6.07) is 8.07. The first-order valence-electron chi connectivity index (χ1n) is 7.46. The molecule has 128 valence electrons. The summed E-state index contributed by atoms with van der Waals surface area (Å²) in [4.78, 5) is 24.7. The number of carboxylic acid groups (broad SMARTS) is 1. The van der Waals surface area contributed by atoms with Gasteiger partial charge < -0.3 is 14.6 Å². The van der Waals surface area contributed by atoms with Crippen LogP contribution < -0.4 is 0 Å². The topological polar surface area (TPSA) is 76.1 Å². The number of carbonyl (C=O) groups is 2. The van der Waals surface area contributed by atoms with Crippen LogP contribution in [0.1, 0.15) is 33.3 Å². The molecule has 0 saturated carbocycles. The molecule has 23 heavy (non-hydrogen) atoms. The molecule has 1 aromatic carbocycles. The second-order valence-corrected chi connectivity index (χ2v) is 6.37. The Balaban J connectivity index is 2.71. The van der Waals surface area contributed by atoms with Crippen molar-refractivity contribution in [2.45, 2.75) is 52.0 Å². The van der Waals surface area contributed by atoms with Gasteiger partial charge >= 0.3 is 12.1 Å². The smallest absolute Gasteiger partial charge is 0.410 e. The summed E-state index contributed by atoms with van der Waals surface area (Å²) in [6.45, 7) is 7.21. The average Bonchev–Trinajstić information content (AvgIpc) is 2.43. The van der Waals surface area contributed by atoms with Crippen molar-refractivity contribution in [3.05, 3.63) is 35.9 Å². The fourth-order valence-corrected chi connectivity index (χ4v) is 2.24. The lowest BCUT2D eigenvalue weighted by Crippen LogP contribution is -2.51. The first-order valence-corrected chi connectivity index (χ1v) is 7.46. The molecule has 1 rings (SSSR count). The van der Waals surface area contributed by atoms with Gasteiger partial charge in [-0.3, -0.25) is 4.90 Å². The number of carbonyl (C=O) groups excluding carboxylic acids is 1. The van der Waals surface area contributed by atoms with Gasteiger partial charge in [0, 0.05) is 7.05 Å². The van der Waals surface area contributed by atoms with Gasteiger partial charge in [0.05, 0.1) is 11.7 Å². The standard InChI is InChI=1S/C17H25NO5/c1-12(23-17(2,3)4)14(15(19)20)18(5)16(21)22-11-13-9-7-6-8-10-13/h6-10,12,14H,11H2,1-5H3,(H,19,20)/t12-,14-/m0/s1. The van der Waals surface area contributed by atoms with E-state index < -0.39 is 29.8 Å². The van der Waals surface area contributed by atoms with Gasteiger partial charge in [-0.25, -0.2) is 9.59 Å². The molecule has 0 heterocycles. The number of ether oxygens (including phenoxy) is 2. The molecule has 0 aliphatic carbocycles. The molecule has 1 aromatic rings. The summed E-state index contributed by atoms with van der Waals surface area (Å²) >= 11 is 0. The third kappa shape index (κ3) is 6.28. The predicted molar refractivity (Wildman–Crippen MR) is 86.1 cm³/mol. The van der Waals surface area contributed by atoms with Crippen molar-refractivity contribution in [3.63, 3.8) is 0 Å². The molecule has 1 N–H and O–H groups in total. The molecule has 0 radical (unpaired) electrons. The van der Waals surface area contributed by atoms with Crippen LogP contribution in [0.3, 0.4) is 0 Å². The number of rotatable bonds is 6. The van der Waals surface area contributed by atoms with E-state index in [2.05, 4.69) is 0 Å². The number of hydrogen-bond donors (Lipinski definition) is 1. The van der Waals surface area contributed by atoms with Crippen LogP contribution in [0, 0.1) is 0 Å². The zero-order valence-electron chi connectivity index (χ0n) is 14.3. The summed E-state index contributed by atoms with van der Waals surface area (Å²) in [5.41, 5.74) is 0.321. The number of aliphatic carboxylic acids is 1. The zero-order chi connectivity index (χ0) is 17.6. The van der Waals surface area contributed by atoms with Gasteiger partial charge in [0.1, 0.15) is 6.61 Å². The summed E-state index contributed by atoms with van der Waals surface area (Å²) in [7, 11) is 1.40. The number of nitrogens with zero attached hydrogens (tertiary/aromatic N) is 1. The third-order valence-corrected chi connectivity index (χ3v) is 3.15. The molecule has 0 unspecified atom stereocenters. The van der Waals surface area contributed by atoms with Gasteiger partial charge in [0.25, 0.3) is 0 Å². The van der Waals surface area contributed by atoms with Crippen molar-refractivity contribution < 1.29 is 24.2 Å². The van der Waals surface area contributed by atoms with E-state index in [1.807, 2.05) is 51.1 Å². The van der Waals surface area contributed by atoms with Crippen molar-refractivity contribution in [1.82, 2.24) is 4.90 Å². The van der Waals surface area contributed by atoms with Gasteiger partial charge in [-0.15, -0.1) is 0 Å². The van der Waals surface area contributed by atoms with Gasteiger partial charge in [-0.1, -0.05) is 30.3 Å². The van der Waals surface area contributed by atoms with E-state index in [0.717, 1.165) is 10.5 Å². The molecule has 6 nitrogen and oxygen atoms in total. The van der Waals surface area contributed by atoms with Crippen LogP contribution in [0.4, 0.5) is 4.79 Å². The van der Waals surface area contributed by atoms with Gasteiger partial charge in [0.15, 0.2) is 6.04 Å². The Labute approximate surface area is 137 Å². The Morgan fingerprint density at radius 3 is 2.26 bits per heavy atom. The maximum absolute atomic E-state index is 12.1. The third-order valence-electron chi connectivity index (χ3n) is 3.15. The summed E-state index contributed by atoms with van der Waals surface area (Å²) in [6.07, 6.45) is -1.38. The first-order chi connectivity index (χ1) is 10.6. The highest BCUT2D eigenvalue weighted by molar-refractivity contribution is 5.80. The van der Waals surface area contributed by atoms with Crippen LogP contribution in [0.15, 0.2) is 30.3 Å². The molecular weight excluding hydrogens is 298 g/mol. The molecule has 1 amide bonds. The van der Waals surface area contributed by atoms with Crippen LogP contribution in [0.2, 0.25) is 0 Å². The number of benzene rings is 1. The van der Waals surface area contributed by atoms with Gasteiger partial charge in [-0.05, 0) is 33.3 Å². The Morgan fingerprint density at radius 1 is 1.22 bits per heavy atom. The summed E-state index contributed by atoms with van der Waals surface area (Å²) in [5, 5.41) is 9.42. The van der Waals surface area contributed by atoms with E-state index in [1.165, 1.54) is 7.05 Å². The SMILES string of the molecule is C[C@H](OC(C)(C)C)[C@@H](C(=O)O)N(C)C(=O)OCc1ccccc1. The number of likely N-dealkylation sites (N-methyl/N-ethyl adjacent to an activating group) is 1. The second kappa shape index (κ2) is 7.97. The minimum atomic E-state index is -1.14. The zero-order valence-corrected chi connectivity index (χ0v) is 14.3. The molecule has 0 aliphatic rings. The normalized spacial score (nSPS) is 14.0. The van der Waals surface area contributed by atoms with Crippen LogP contribution in [0.25, 0.3) is 0 Å². The molecule has 0 saturated heterocycles. The molecule has 0 bridgehead atoms. The Hall–Kier alpha value is -2.08. The second-order valence-electron chi connectivity index (χ2n) is 6.37. The number of carboxylic acids is 1. The fourth-order valence-electron chi connectivity index (χ4n) is 2.24.